The standard InChI is InChI=1S/C32H24Br2ClN5O3S/c1-19-2-10-24(11-3-19)37-29(41)17-43-30-26(33)14-20(15-27(30)34)16-36-40-31(42)22-6-4-21(5-7-22)28-18-44-32(39-28)38-25-12-8-23(35)9-13-25/h2-16,18H,17H2,1H3,(H,37,41)(H,38,39)(H,40,42)/b36-16-. The first kappa shape index (κ1) is 31.4. The summed E-state index contributed by atoms with van der Waals surface area (Å²) in [5.74, 6) is -0.163. The van der Waals surface area contributed by atoms with Crippen molar-refractivity contribution in [2.45, 2.75) is 6.92 Å². The number of rotatable bonds is 10. The number of carbonyl (C=O) groups excluding carboxylic acids is 2. The fourth-order valence-electron chi connectivity index (χ4n) is 3.91. The molecule has 0 unspecified atom stereocenters. The molecule has 3 N–H and O–H groups in total. The van der Waals surface area contributed by atoms with Gasteiger partial charge >= 0.3 is 0 Å². The van der Waals surface area contributed by atoms with Crippen molar-refractivity contribution < 1.29 is 14.3 Å². The molecule has 0 saturated heterocycles. The number of amides is 2. The highest BCUT2D eigenvalue weighted by atomic mass is 79.9. The minimum atomic E-state index is -0.353. The van der Waals surface area contributed by atoms with Gasteiger partial charge in [-0.1, -0.05) is 41.4 Å². The van der Waals surface area contributed by atoms with E-state index in [0.29, 0.717) is 36.5 Å². The molecule has 0 fully saturated rings. The van der Waals surface area contributed by atoms with Crippen LogP contribution in [-0.2, 0) is 4.79 Å². The van der Waals surface area contributed by atoms with Gasteiger partial charge in [-0.25, -0.2) is 10.4 Å². The summed E-state index contributed by atoms with van der Waals surface area (Å²) in [4.78, 5) is 29.6. The maximum atomic E-state index is 12.7. The maximum absolute atomic E-state index is 12.7. The van der Waals surface area contributed by atoms with E-state index < -0.39 is 0 Å². The van der Waals surface area contributed by atoms with Crippen LogP contribution in [0.15, 0.2) is 104 Å². The van der Waals surface area contributed by atoms with Gasteiger partial charge in [-0.3, -0.25) is 9.59 Å². The molecule has 1 aromatic heterocycles. The van der Waals surface area contributed by atoms with Crippen LogP contribution in [0.1, 0.15) is 21.5 Å². The lowest BCUT2D eigenvalue weighted by molar-refractivity contribution is -0.118. The number of carbonyl (C=O) groups is 2. The van der Waals surface area contributed by atoms with Gasteiger partial charge in [-0.15, -0.1) is 11.3 Å². The van der Waals surface area contributed by atoms with E-state index >= 15 is 0 Å². The summed E-state index contributed by atoms with van der Waals surface area (Å²) in [6, 6.07) is 25.6. The van der Waals surface area contributed by atoms with Crippen LogP contribution in [0.3, 0.4) is 0 Å². The molecule has 12 heteroatoms. The minimum Gasteiger partial charge on any atom is -0.481 e. The Balaban J connectivity index is 1.13. The second-order valence-electron chi connectivity index (χ2n) is 9.46. The Hall–Kier alpha value is -4.03. The van der Waals surface area contributed by atoms with Crippen LogP contribution in [0.25, 0.3) is 11.3 Å². The number of hydrogen-bond acceptors (Lipinski definition) is 7. The van der Waals surface area contributed by atoms with Crippen molar-refractivity contribution in [1.82, 2.24) is 10.4 Å². The van der Waals surface area contributed by atoms with Crippen LogP contribution >= 0.6 is 54.8 Å². The van der Waals surface area contributed by atoms with Crippen molar-refractivity contribution >= 4 is 89.3 Å². The number of nitrogens with zero attached hydrogens (tertiary/aromatic N) is 2. The summed E-state index contributed by atoms with van der Waals surface area (Å²) in [6.45, 7) is 1.81. The molecule has 0 saturated carbocycles. The lowest BCUT2D eigenvalue weighted by atomic mass is 10.1. The van der Waals surface area contributed by atoms with Gasteiger partial charge in [0, 0.05) is 32.9 Å². The van der Waals surface area contributed by atoms with Crippen molar-refractivity contribution in [1.29, 1.82) is 0 Å². The van der Waals surface area contributed by atoms with Crippen LogP contribution in [-0.4, -0.2) is 29.6 Å². The molecular formula is C32H24Br2ClN5O3S. The first-order valence-corrected chi connectivity index (χ1v) is 16.0. The Morgan fingerprint density at radius 3 is 2.30 bits per heavy atom. The molecule has 0 atom stereocenters. The molecule has 5 aromatic rings. The Morgan fingerprint density at radius 1 is 0.955 bits per heavy atom. The first-order chi connectivity index (χ1) is 21.2. The topological polar surface area (TPSA) is 105 Å². The smallest absolute Gasteiger partial charge is 0.271 e. The molecule has 8 nitrogen and oxygen atoms in total. The Labute approximate surface area is 279 Å². The summed E-state index contributed by atoms with van der Waals surface area (Å²) < 4.78 is 6.96. The summed E-state index contributed by atoms with van der Waals surface area (Å²) in [6.07, 6.45) is 1.51. The van der Waals surface area contributed by atoms with Gasteiger partial charge in [0.25, 0.3) is 11.8 Å². The number of nitrogens with one attached hydrogen (secondary N) is 3. The molecule has 2 amide bonds. The second kappa shape index (κ2) is 14.6. The Bertz CT molecular complexity index is 1790. The average molecular weight is 754 g/mol. The molecule has 0 radical (unpaired) electrons. The first-order valence-electron chi connectivity index (χ1n) is 13.1. The molecule has 4 aromatic carbocycles. The number of anilines is 3. The molecule has 222 valence electrons. The molecule has 1 heterocycles. The third-order valence-corrected chi connectivity index (χ3v) is 8.31. The lowest BCUT2D eigenvalue weighted by Gasteiger charge is -2.11. The number of aryl methyl sites for hydroxylation is 1. The van der Waals surface area contributed by atoms with Gasteiger partial charge in [-0.05, 0) is 105 Å². The minimum absolute atomic E-state index is 0.169. The average Bonchev–Trinajstić information content (AvgIpc) is 3.47. The van der Waals surface area contributed by atoms with Crippen LogP contribution in [0, 0.1) is 6.92 Å². The molecule has 0 bridgehead atoms. The van der Waals surface area contributed by atoms with Gasteiger partial charge in [0.1, 0.15) is 5.75 Å². The Kier molecular flexibility index (Phi) is 10.4. The highest BCUT2D eigenvalue weighted by Crippen LogP contribution is 2.34. The fraction of sp³-hybridized carbons (Fsp3) is 0.0625. The molecule has 0 aliphatic rings. The van der Waals surface area contributed by atoms with E-state index in [1.165, 1.54) is 17.6 Å². The van der Waals surface area contributed by atoms with Crippen molar-refractivity contribution in [3.05, 3.63) is 121 Å². The van der Waals surface area contributed by atoms with Crippen LogP contribution in [0.2, 0.25) is 5.02 Å². The third-order valence-electron chi connectivity index (χ3n) is 6.13. The van der Waals surface area contributed by atoms with Gasteiger partial charge in [-0.2, -0.15) is 5.10 Å². The SMILES string of the molecule is Cc1ccc(NC(=O)COc2c(Br)cc(/C=N\NC(=O)c3ccc(-c4csc(Nc5ccc(Cl)cc5)n4)cc3)cc2Br)cc1. The largest absolute Gasteiger partial charge is 0.481 e. The zero-order chi connectivity index (χ0) is 31.1. The van der Waals surface area contributed by atoms with E-state index in [-0.39, 0.29) is 18.4 Å². The quantitative estimate of drug-likeness (QED) is 0.0977. The van der Waals surface area contributed by atoms with Crippen LogP contribution < -0.4 is 20.8 Å². The number of hydrazone groups is 1. The molecule has 5 rings (SSSR count). The fourth-order valence-corrected chi connectivity index (χ4v) is 6.22. The molecule has 44 heavy (non-hydrogen) atoms. The maximum Gasteiger partial charge on any atom is 0.271 e. The second-order valence-corrected chi connectivity index (χ2v) is 12.5. The van der Waals surface area contributed by atoms with Gasteiger partial charge in [0.05, 0.1) is 20.9 Å². The molecule has 0 spiro atoms. The zero-order valence-corrected chi connectivity index (χ0v) is 27.9. The number of ether oxygens (including phenoxy) is 1. The molecule has 0 aliphatic heterocycles. The number of halogens is 3. The Morgan fingerprint density at radius 2 is 1.61 bits per heavy atom. The van der Waals surface area contributed by atoms with Crippen molar-refractivity contribution in [2.75, 3.05) is 17.2 Å². The van der Waals surface area contributed by atoms with E-state index in [4.69, 9.17) is 16.3 Å². The summed E-state index contributed by atoms with van der Waals surface area (Å²) in [5, 5.41) is 13.5. The number of hydrogen-bond donors (Lipinski definition) is 3. The van der Waals surface area contributed by atoms with E-state index in [9.17, 15) is 9.59 Å². The van der Waals surface area contributed by atoms with Crippen LogP contribution in [0.5, 0.6) is 5.75 Å². The van der Waals surface area contributed by atoms with Gasteiger partial charge in [0.15, 0.2) is 11.7 Å². The van der Waals surface area contributed by atoms with Gasteiger partial charge in [0.2, 0.25) is 0 Å². The summed E-state index contributed by atoms with van der Waals surface area (Å²) in [7, 11) is 0. The van der Waals surface area contributed by atoms with E-state index in [0.717, 1.165) is 27.6 Å². The van der Waals surface area contributed by atoms with Crippen molar-refractivity contribution in [2.24, 2.45) is 5.10 Å². The van der Waals surface area contributed by atoms with E-state index in [1.54, 1.807) is 24.3 Å². The van der Waals surface area contributed by atoms with Gasteiger partial charge < -0.3 is 15.4 Å². The highest BCUT2D eigenvalue weighted by molar-refractivity contribution is 9.11. The lowest BCUT2D eigenvalue weighted by Crippen LogP contribution is -2.20. The van der Waals surface area contributed by atoms with E-state index in [2.05, 4.69) is 58.0 Å². The predicted molar refractivity (Wildman–Crippen MR) is 184 cm³/mol. The summed E-state index contributed by atoms with van der Waals surface area (Å²) in [5.41, 5.74) is 8.08. The van der Waals surface area contributed by atoms with Crippen molar-refractivity contribution in [3.63, 3.8) is 0 Å². The normalized spacial score (nSPS) is 10.9. The predicted octanol–water partition coefficient (Wildman–Crippen LogP) is 8.82. The highest BCUT2D eigenvalue weighted by Gasteiger charge is 2.12. The number of benzene rings is 4. The van der Waals surface area contributed by atoms with Crippen molar-refractivity contribution in [3.8, 4) is 17.0 Å². The molecule has 0 aliphatic carbocycles. The third kappa shape index (κ3) is 8.54. The summed E-state index contributed by atoms with van der Waals surface area (Å²) >= 11 is 14.4. The van der Waals surface area contributed by atoms with E-state index in [1.807, 2.05) is 73.0 Å². The van der Waals surface area contributed by atoms with Crippen LogP contribution in [0.4, 0.5) is 16.5 Å². The number of thiazole rings is 1. The monoisotopic (exact) mass is 751 g/mol. The number of aromatic nitrogens is 1. The zero-order valence-electron chi connectivity index (χ0n) is 23.1. The molecular weight excluding hydrogens is 730 g/mol.